The molecule has 0 saturated heterocycles. The van der Waals surface area contributed by atoms with E-state index in [-0.39, 0.29) is 23.5 Å². The highest BCUT2D eigenvalue weighted by Gasteiger charge is 2.35. The SMILES string of the molecule is COc1ccc(C[C@@H]2c3cc(OC)c(OC)cc3CCN2C(C)C(=O)NC(C)(C)C)cc1OC.O=C(O)C(=O)O. The Morgan fingerprint density at radius 1 is 0.900 bits per heavy atom. The Bertz CT molecular complexity index is 1190. The molecule has 0 saturated carbocycles. The van der Waals surface area contributed by atoms with Crippen LogP contribution < -0.4 is 24.3 Å². The van der Waals surface area contributed by atoms with Crippen molar-refractivity contribution in [2.75, 3.05) is 35.0 Å². The van der Waals surface area contributed by atoms with Crippen LogP contribution in [0.25, 0.3) is 0 Å². The number of amides is 1. The van der Waals surface area contributed by atoms with Gasteiger partial charge in [-0.25, -0.2) is 9.59 Å². The number of fused-ring (bicyclic) bond motifs is 1. The van der Waals surface area contributed by atoms with Crippen molar-refractivity contribution in [1.82, 2.24) is 10.2 Å². The lowest BCUT2D eigenvalue weighted by molar-refractivity contribution is -0.159. The van der Waals surface area contributed by atoms with Crippen molar-refractivity contribution in [2.45, 2.75) is 58.2 Å². The number of carboxylic acid groups (broad SMARTS) is 2. The minimum Gasteiger partial charge on any atom is -0.493 e. The molecule has 0 spiro atoms. The molecule has 40 heavy (non-hydrogen) atoms. The van der Waals surface area contributed by atoms with E-state index in [0.717, 1.165) is 29.8 Å². The minimum absolute atomic E-state index is 0.0220. The number of nitrogens with zero attached hydrogens (tertiary/aromatic N) is 1. The summed E-state index contributed by atoms with van der Waals surface area (Å²) in [6.45, 7) is 8.75. The van der Waals surface area contributed by atoms with Crippen LogP contribution in [0.1, 0.15) is 50.4 Å². The van der Waals surface area contributed by atoms with E-state index in [1.54, 1.807) is 28.4 Å². The van der Waals surface area contributed by atoms with Crippen LogP contribution in [0.15, 0.2) is 30.3 Å². The molecule has 3 N–H and O–H groups in total. The Labute approximate surface area is 235 Å². The largest absolute Gasteiger partial charge is 0.493 e. The summed E-state index contributed by atoms with van der Waals surface area (Å²) in [6.07, 6.45) is 1.53. The molecule has 220 valence electrons. The van der Waals surface area contributed by atoms with Crippen LogP contribution in [0.3, 0.4) is 0 Å². The van der Waals surface area contributed by atoms with Crippen molar-refractivity contribution in [1.29, 1.82) is 0 Å². The molecule has 11 heteroatoms. The van der Waals surface area contributed by atoms with Crippen LogP contribution in [-0.4, -0.2) is 79.5 Å². The monoisotopic (exact) mass is 560 g/mol. The molecule has 0 aliphatic carbocycles. The zero-order chi connectivity index (χ0) is 30.2. The number of rotatable bonds is 8. The Balaban J connectivity index is 0.000000840. The number of aliphatic carboxylic acids is 2. The van der Waals surface area contributed by atoms with Crippen LogP contribution in [-0.2, 0) is 27.2 Å². The second kappa shape index (κ2) is 13.9. The summed E-state index contributed by atoms with van der Waals surface area (Å²) < 4.78 is 22.1. The number of carbonyl (C=O) groups is 3. The first kappa shape index (κ1) is 32.2. The zero-order valence-electron chi connectivity index (χ0n) is 24.4. The van der Waals surface area contributed by atoms with Crippen molar-refractivity contribution in [3.63, 3.8) is 0 Å². The summed E-state index contributed by atoms with van der Waals surface area (Å²) in [7, 11) is 6.57. The first-order chi connectivity index (χ1) is 18.8. The van der Waals surface area contributed by atoms with Gasteiger partial charge in [-0.1, -0.05) is 6.07 Å². The molecule has 1 amide bonds. The van der Waals surface area contributed by atoms with E-state index in [1.165, 1.54) is 5.56 Å². The second-order valence-corrected chi connectivity index (χ2v) is 10.3. The summed E-state index contributed by atoms with van der Waals surface area (Å²) in [5.74, 6) is -0.839. The third kappa shape index (κ3) is 8.25. The van der Waals surface area contributed by atoms with Crippen LogP contribution >= 0.6 is 0 Å². The van der Waals surface area contributed by atoms with Crippen molar-refractivity contribution >= 4 is 17.8 Å². The molecule has 2 aromatic carbocycles. The van der Waals surface area contributed by atoms with Crippen molar-refractivity contribution in [3.8, 4) is 23.0 Å². The van der Waals surface area contributed by atoms with Gasteiger partial charge in [-0.15, -0.1) is 0 Å². The van der Waals surface area contributed by atoms with Gasteiger partial charge in [-0.05, 0) is 81.5 Å². The average molecular weight is 561 g/mol. The second-order valence-electron chi connectivity index (χ2n) is 10.3. The highest BCUT2D eigenvalue weighted by atomic mass is 16.5. The van der Waals surface area contributed by atoms with Gasteiger partial charge in [0.15, 0.2) is 23.0 Å². The van der Waals surface area contributed by atoms with E-state index in [9.17, 15) is 4.79 Å². The molecule has 2 atom stereocenters. The Kier molecular flexibility index (Phi) is 11.2. The van der Waals surface area contributed by atoms with Crippen LogP contribution in [0.4, 0.5) is 0 Å². The van der Waals surface area contributed by atoms with E-state index in [4.69, 9.17) is 38.7 Å². The third-order valence-electron chi connectivity index (χ3n) is 6.48. The molecule has 11 nitrogen and oxygen atoms in total. The molecule has 1 unspecified atom stereocenters. The van der Waals surface area contributed by atoms with Crippen molar-refractivity contribution in [2.24, 2.45) is 0 Å². The number of hydrogen-bond acceptors (Lipinski definition) is 8. The van der Waals surface area contributed by atoms with Gasteiger partial charge < -0.3 is 34.5 Å². The smallest absolute Gasteiger partial charge is 0.414 e. The van der Waals surface area contributed by atoms with Gasteiger partial charge in [0, 0.05) is 18.1 Å². The van der Waals surface area contributed by atoms with Crippen molar-refractivity contribution in [3.05, 3.63) is 47.0 Å². The summed E-state index contributed by atoms with van der Waals surface area (Å²) in [5.41, 5.74) is 3.16. The van der Waals surface area contributed by atoms with Crippen LogP contribution in [0.5, 0.6) is 23.0 Å². The minimum atomic E-state index is -1.82. The number of hydrogen-bond donors (Lipinski definition) is 3. The number of nitrogens with one attached hydrogen (secondary N) is 1. The number of benzene rings is 2. The molecule has 0 radical (unpaired) electrons. The molecular weight excluding hydrogens is 520 g/mol. The van der Waals surface area contributed by atoms with Gasteiger partial charge >= 0.3 is 11.9 Å². The third-order valence-corrected chi connectivity index (χ3v) is 6.48. The van der Waals surface area contributed by atoms with Gasteiger partial charge in [0.1, 0.15) is 0 Å². The fraction of sp³-hybridized carbons (Fsp3) is 0.483. The molecule has 2 aromatic rings. The molecule has 1 aliphatic rings. The fourth-order valence-corrected chi connectivity index (χ4v) is 4.59. The number of methoxy groups -OCH3 is 4. The highest BCUT2D eigenvalue weighted by Crippen LogP contribution is 2.41. The molecule has 1 aliphatic heterocycles. The maximum atomic E-state index is 13.1. The predicted molar refractivity (Wildman–Crippen MR) is 149 cm³/mol. The van der Waals surface area contributed by atoms with E-state index < -0.39 is 11.9 Å². The number of carbonyl (C=O) groups excluding carboxylic acids is 1. The lowest BCUT2D eigenvalue weighted by Gasteiger charge is -2.41. The summed E-state index contributed by atoms with van der Waals surface area (Å²) in [5, 5.41) is 17.9. The number of carboxylic acids is 2. The van der Waals surface area contributed by atoms with E-state index in [2.05, 4.69) is 28.4 Å². The van der Waals surface area contributed by atoms with Crippen molar-refractivity contribution < 1.29 is 43.5 Å². The van der Waals surface area contributed by atoms with E-state index >= 15 is 0 Å². The summed E-state index contributed by atoms with van der Waals surface area (Å²) >= 11 is 0. The fourth-order valence-electron chi connectivity index (χ4n) is 4.59. The first-order valence-corrected chi connectivity index (χ1v) is 12.8. The van der Waals surface area contributed by atoms with E-state index in [1.807, 2.05) is 39.8 Å². The molecule has 1 heterocycles. The predicted octanol–water partition coefficient (Wildman–Crippen LogP) is 3.32. The Hall–Kier alpha value is -3.99. The Morgan fingerprint density at radius 3 is 1.93 bits per heavy atom. The Morgan fingerprint density at radius 2 is 1.43 bits per heavy atom. The van der Waals surface area contributed by atoms with Gasteiger partial charge in [0.2, 0.25) is 5.91 Å². The maximum absolute atomic E-state index is 13.1. The zero-order valence-corrected chi connectivity index (χ0v) is 24.4. The lowest BCUT2D eigenvalue weighted by atomic mass is 9.87. The molecular formula is C29H40N2O9. The van der Waals surface area contributed by atoms with E-state index in [0.29, 0.717) is 23.7 Å². The van der Waals surface area contributed by atoms with Gasteiger partial charge in [-0.2, -0.15) is 0 Å². The average Bonchev–Trinajstić information content (AvgIpc) is 2.91. The summed E-state index contributed by atoms with van der Waals surface area (Å²) in [4.78, 5) is 33.6. The van der Waals surface area contributed by atoms with Gasteiger partial charge in [0.05, 0.1) is 34.5 Å². The standard InChI is InChI=1S/C27H38N2O5.C2H2O4/c1-17(26(30)28-27(2,3)4)29-12-11-19-15-24(33-7)25(34-8)16-20(19)21(29)13-18-9-10-22(31-5)23(14-18)32-6;3-1(4)2(5)6/h9-10,14-17,21H,11-13H2,1-8H3,(H,28,30);(H,3,4)(H,5,6)/t17?,21-;/m1./s1. The first-order valence-electron chi connectivity index (χ1n) is 12.8. The van der Waals surface area contributed by atoms with Crippen LogP contribution in [0, 0.1) is 0 Å². The quantitative estimate of drug-likeness (QED) is 0.411. The van der Waals surface area contributed by atoms with Gasteiger partial charge in [0.25, 0.3) is 0 Å². The van der Waals surface area contributed by atoms with Crippen LogP contribution in [0.2, 0.25) is 0 Å². The topological polar surface area (TPSA) is 144 Å². The molecule has 0 fully saturated rings. The maximum Gasteiger partial charge on any atom is 0.414 e. The van der Waals surface area contributed by atoms with Gasteiger partial charge in [-0.3, -0.25) is 9.69 Å². The molecule has 0 bridgehead atoms. The molecule has 3 rings (SSSR count). The summed E-state index contributed by atoms with van der Waals surface area (Å²) in [6, 6.07) is 9.77. The number of ether oxygens (including phenoxy) is 4. The molecule has 0 aromatic heterocycles. The highest BCUT2D eigenvalue weighted by molar-refractivity contribution is 6.27. The normalized spacial score (nSPS) is 15.4. The lowest BCUT2D eigenvalue weighted by Crippen LogP contribution is -2.53.